The first-order valence-electron chi connectivity index (χ1n) is 8.29. The SMILES string of the molecule is CC1CCCN(CC(=O)c2ccc(Oc3ccccc3)cc2)C1. The van der Waals surface area contributed by atoms with Crippen LogP contribution in [-0.4, -0.2) is 30.3 Å². The Morgan fingerprint density at radius 3 is 2.48 bits per heavy atom. The Morgan fingerprint density at radius 1 is 1.09 bits per heavy atom. The van der Waals surface area contributed by atoms with Crippen molar-refractivity contribution in [2.75, 3.05) is 19.6 Å². The van der Waals surface area contributed by atoms with Crippen molar-refractivity contribution < 1.29 is 9.53 Å². The normalized spacial score (nSPS) is 18.6. The van der Waals surface area contributed by atoms with Crippen molar-refractivity contribution in [2.24, 2.45) is 5.92 Å². The summed E-state index contributed by atoms with van der Waals surface area (Å²) >= 11 is 0. The van der Waals surface area contributed by atoms with Gasteiger partial charge < -0.3 is 4.74 Å². The number of Topliss-reactive ketones (excluding diaryl/α,β-unsaturated/α-hetero) is 1. The Hall–Kier alpha value is -2.13. The van der Waals surface area contributed by atoms with Crippen LogP contribution in [0, 0.1) is 5.92 Å². The molecule has 1 unspecified atom stereocenters. The van der Waals surface area contributed by atoms with Crippen LogP contribution in [-0.2, 0) is 0 Å². The van der Waals surface area contributed by atoms with Crippen molar-refractivity contribution in [1.29, 1.82) is 0 Å². The summed E-state index contributed by atoms with van der Waals surface area (Å²) in [4.78, 5) is 14.7. The van der Waals surface area contributed by atoms with Crippen LogP contribution >= 0.6 is 0 Å². The van der Waals surface area contributed by atoms with Crippen LogP contribution in [0.2, 0.25) is 0 Å². The smallest absolute Gasteiger partial charge is 0.176 e. The molecule has 1 aliphatic rings. The van der Waals surface area contributed by atoms with Crippen molar-refractivity contribution in [1.82, 2.24) is 4.90 Å². The topological polar surface area (TPSA) is 29.5 Å². The van der Waals surface area contributed by atoms with E-state index in [1.165, 1.54) is 12.8 Å². The van der Waals surface area contributed by atoms with Gasteiger partial charge >= 0.3 is 0 Å². The van der Waals surface area contributed by atoms with Gasteiger partial charge in [0.1, 0.15) is 11.5 Å². The molecule has 2 aromatic rings. The van der Waals surface area contributed by atoms with Gasteiger partial charge in [-0.15, -0.1) is 0 Å². The summed E-state index contributed by atoms with van der Waals surface area (Å²) in [7, 11) is 0. The molecule has 0 spiro atoms. The third kappa shape index (κ3) is 4.42. The van der Waals surface area contributed by atoms with Gasteiger partial charge in [-0.1, -0.05) is 25.1 Å². The van der Waals surface area contributed by atoms with Gasteiger partial charge in [-0.2, -0.15) is 0 Å². The molecule has 0 aliphatic carbocycles. The minimum Gasteiger partial charge on any atom is -0.457 e. The first-order valence-corrected chi connectivity index (χ1v) is 8.29. The second kappa shape index (κ2) is 7.42. The quantitative estimate of drug-likeness (QED) is 0.767. The molecule has 0 radical (unpaired) electrons. The lowest BCUT2D eigenvalue weighted by molar-refractivity contribution is 0.0893. The first kappa shape index (κ1) is 15.8. The fourth-order valence-electron chi connectivity index (χ4n) is 3.06. The molecule has 120 valence electrons. The summed E-state index contributed by atoms with van der Waals surface area (Å²) in [6.45, 7) is 4.84. The Morgan fingerprint density at radius 2 is 1.78 bits per heavy atom. The summed E-state index contributed by atoms with van der Waals surface area (Å²) < 4.78 is 5.76. The van der Waals surface area contributed by atoms with Gasteiger partial charge in [-0.05, 0) is 61.7 Å². The monoisotopic (exact) mass is 309 g/mol. The van der Waals surface area contributed by atoms with Crippen LogP contribution in [0.15, 0.2) is 54.6 Å². The van der Waals surface area contributed by atoms with E-state index in [0.717, 1.165) is 30.2 Å². The highest BCUT2D eigenvalue weighted by atomic mass is 16.5. The van der Waals surface area contributed by atoms with E-state index in [4.69, 9.17) is 4.74 Å². The van der Waals surface area contributed by atoms with Crippen LogP contribution in [0.3, 0.4) is 0 Å². The molecule has 2 aromatic carbocycles. The Balaban J connectivity index is 1.59. The number of likely N-dealkylation sites (tertiary alicyclic amines) is 1. The molecule has 1 aliphatic heterocycles. The maximum Gasteiger partial charge on any atom is 0.176 e. The van der Waals surface area contributed by atoms with Crippen molar-refractivity contribution in [3.8, 4) is 11.5 Å². The zero-order valence-corrected chi connectivity index (χ0v) is 13.6. The van der Waals surface area contributed by atoms with E-state index >= 15 is 0 Å². The number of piperidine rings is 1. The average molecular weight is 309 g/mol. The lowest BCUT2D eigenvalue weighted by Gasteiger charge is -2.30. The second-order valence-electron chi connectivity index (χ2n) is 6.35. The van der Waals surface area contributed by atoms with Gasteiger partial charge in [0.2, 0.25) is 0 Å². The number of carbonyl (C=O) groups is 1. The standard InChI is InChI=1S/C20H23NO2/c1-16-6-5-13-21(14-16)15-20(22)17-9-11-19(12-10-17)23-18-7-3-2-4-8-18/h2-4,7-12,16H,5-6,13-15H2,1H3. The van der Waals surface area contributed by atoms with Crippen molar-refractivity contribution in [2.45, 2.75) is 19.8 Å². The highest BCUT2D eigenvalue weighted by molar-refractivity contribution is 5.97. The van der Waals surface area contributed by atoms with Crippen molar-refractivity contribution in [3.05, 3.63) is 60.2 Å². The number of rotatable bonds is 5. The number of benzene rings is 2. The number of ether oxygens (including phenoxy) is 1. The van der Waals surface area contributed by atoms with E-state index in [-0.39, 0.29) is 5.78 Å². The van der Waals surface area contributed by atoms with Crippen LogP contribution < -0.4 is 4.74 Å². The van der Waals surface area contributed by atoms with E-state index in [0.29, 0.717) is 12.5 Å². The fraction of sp³-hybridized carbons (Fsp3) is 0.350. The molecule has 0 saturated carbocycles. The Kier molecular flexibility index (Phi) is 5.09. The lowest BCUT2D eigenvalue weighted by atomic mass is 9.99. The van der Waals surface area contributed by atoms with Gasteiger partial charge in [0.05, 0.1) is 6.54 Å². The predicted octanol–water partition coefficient (Wildman–Crippen LogP) is 4.39. The Labute approximate surface area is 137 Å². The van der Waals surface area contributed by atoms with Gasteiger partial charge in [0.15, 0.2) is 5.78 Å². The van der Waals surface area contributed by atoms with Gasteiger partial charge in [-0.3, -0.25) is 9.69 Å². The third-order valence-corrected chi connectivity index (χ3v) is 4.26. The van der Waals surface area contributed by atoms with Gasteiger partial charge in [0, 0.05) is 12.1 Å². The molecule has 3 rings (SSSR count). The first-order chi connectivity index (χ1) is 11.2. The molecule has 3 nitrogen and oxygen atoms in total. The molecule has 0 amide bonds. The number of hydrogen-bond donors (Lipinski definition) is 0. The lowest BCUT2D eigenvalue weighted by Crippen LogP contribution is -2.37. The van der Waals surface area contributed by atoms with E-state index < -0.39 is 0 Å². The highest BCUT2D eigenvalue weighted by Gasteiger charge is 2.19. The summed E-state index contributed by atoms with van der Waals surface area (Å²) in [5.41, 5.74) is 0.753. The molecule has 1 atom stereocenters. The number of hydrogen-bond acceptors (Lipinski definition) is 3. The maximum absolute atomic E-state index is 12.4. The highest BCUT2D eigenvalue weighted by Crippen LogP contribution is 2.22. The predicted molar refractivity (Wildman–Crippen MR) is 92.1 cm³/mol. The zero-order valence-electron chi connectivity index (χ0n) is 13.6. The molecule has 3 heteroatoms. The third-order valence-electron chi connectivity index (χ3n) is 4.26. The largest absolute Gasteiger partial charge is 0.457 e. The number of ketones is 1. The number of carbonyl (C=O) groups excluding carboxylic acids is 1. The molecule has 1 fully saturated rings. The molecule has 1 saturated heterocycles. The van der Waals surface area contributed by atoms with Crippen LogP contribution in [0.1, 0.15) is 30.1 Å². The van der Waals surface area contributed by atoms with Crippen LogP contribution in [0.25, 0.3) is 0 Å². The molecule has 0 bridgehead atoms. The van der Waals surface area contributed by atoms with Crippen LogP contribution in [0.4, 0.5) is 0 Å². The Bertz CT molecular complexity index is 636. The van der Waals surface area contributed by atoms with E-state index in [1.807, 2.05) is 54.6 Å². The number of para-hydroxylation sites is 1. The van der Waals surface area contributed by atoms with Crippen LogP contribution in [0.5, 0.6) is 11.5 Å². The summed E-state index contributed by atoms with van der Waals surface area (Å²) in [6, 6.07) is 17.1. The molecular formula is C20H23NO2. The minimum absolute atomic E-state index is 0.186. The van der Waals surface area contributed by atoms with Crippen molar-refractivity contribution in [3.63, 3.8) is 0 Å². The van der Waals surface area contributed by atoms with Gasteiger partial charge in [-0.25, -0.2) is 0 Å². The average Bonchev–Trinajstić information content (AvgIpc) is 2.56. The van der Waals surface area contributed by atoms with E-state index in [1.54, 1.807) is 0 Å². The maximum atomic E-state index is 12.4. The molecule has 1 heterocycles. The van der Waals surface area contributed by atoms with Crippen molar-refractivity contribution >= 4 is 5.78 Å². The summed E-state index contributed by atoms with van der Waals surface area (Å²) in [5.74, 6) is 2.43. The molecule has 23 heavy (non-hydrogen) atoms. The zero-order chi connectivity index (χ0) is 16.1. The minimum atomic E-state index is 0.186. The molecule has 0 aromatic heterocycles. The second-order valence-corrected chi connectivity index (χ2v) is 6.35. The fourth-order valence-corrected chi connectivity index (χ4v) is 3.06. The van der Waals surface area contributed by atoms with Gasteiger partial charge in [0.25, 0.3) is 0 Å². The summed E-state index contributed by atoms with van der Waals surface area (Å²) in [5, 5.41) is 0. The molecular weight excluding hydrogens is 286 g/mol. The van der Waals surface area contributed by atoms with E-state index in [9.17, 15) is 4.79 Å². The summed E-state index contributed by atoms with van der Waals surface area (Å²) in [6.07, 6.45) is 2.47. The molecule has 0 N–H and O–H groups in total. The number of nitrogens with zero attached hydrogens (tertiary/aromatic N) is 1. The van der Waals surface area contributed by atoms with E-state index in [2.05, 4.69) is 11.8 Å².